The van der Waals surface area contributed by atoms with E-state index < -0.39 is 27.8 Å². The van der Waals surface area contributed by atoms with Gasteiger partial charge in [-0.1, -0.05) is 0 Å². The molecule has 2 aromatic rings. The monoisotopic (exact) mass is 326 g/mol. The minimum Gasteiger partial charge on any atom is -0.467 e. The summed E-state index contributed by atoms with van der Waals surface area (Å²) in [6.07, 6.45) is 1.47. The van der Waals surface area contributed by atoms with Gasteiger partial charge in [0.05, 0.1) is 23.7 Å². The van der Waals surface area contributed by atoms with E-state index in [1.807, 2.05) is 0 Å². The Kier molecular flexibility index (Phi) is 4.94. The molecule has 118 valence electrons. The third-order valence-corrected chi connectivity index (χ3v) is 4.42. The molecule has 0 fully saturated rings. The summed E-state index contributed by atoms with van der Waals surface area (Å²) in [4.78, 5) is 11.8. The van der Waals surface area contributed by atoms with Gasteiger partial charge in [-0.15, -0.1) is 0 Å². The van der Waals surface area contributed by atoms with Crippen molar-refractivity contribution < 1.29 is 22.0 Å². The number of rotatable bonds is 6. The number of hydrogen-bond donors (Lipinski definition) is 2. The summed E-state index contributed by atoms with van der Waals surface area (Å²) in [7, 11) is -3.89. The molecule has 2 rings (SSSR count). The Morgan fingerprint density at radius 1 is 1.27 bits per heavy atom. The molecular formula is C14H15FN2O4S. The van der Waals surface area contributed by atoms with Crippen molar-refractivity contribution in [3.63, 3.8) is 0 Å². The summed E-state index contributed by atoms with van der Waals surface area (Å²) in [6.45, 7) is 1.58. The maximum atomic E-state index is 12.8. The second kappa shape index (κ2) is 6.71. The van der Waals surface area contributed by atoms with Gasteiger partial charge in [-0.2, -0.15) is 4.72 Å². The molecule has 2 N–H and O–H groups in total. The molecule has 0 saturated carbocycles. The number of sulfonamides is 1. The molecule has 1 atom stereocenters. The number of hydrogen-bond acceptors (Lipinski definition) is 4. The topological polar surface area (TPSA) is 88.4 Å². The van der Waals surface area contributed by atoms with Gasteiger partial charge in [0, 0.05) is 0 Å². The van der Waals surface area contributed by atoms with Crippen LogP contribution in [-0.4, -0.2) is 20.4 Å². The van der Waals surface area contributed by atoms with Crippen molar-refractivity contribution in [3.8, 4) is 0 Å². The molecule has 0 aliphatic carbocycles. The fourth-order valence-electron chi connectivity index (χ4n) is 1.71. The summed E-state index contributed by atoms with van der Waals surface area (Å²) < 4.78 is 44.2. The highest BCUT2D eigenvalue weighted by Gasteiger charge is 2.22. The lowest BCUT2D eigenvalue weighted by Crippen LogP contribution is -2.44. The molecule has 8 heteroatoms. The molecular weight excluding hydrogens is 311 g/mol. The third-order valence-electron chi connectivity index (χ3n) is 2.87. The van der Waals surface area contributed by atoms with Crippen LogP contribution in [0.1, 0.15) is 12.7 Å². The van der Waals surface area contributed by atoms with E-state index in [0.717, 1.165) is 24.3 Å². The highest BCUT2D eigenvalue weighted by atomic mass is 32.2. The van der Waals surface area contributed by atoms with Crippen molar-refractivity contribution in [1.82, 2.24) is 10.0 Å². The Morgan fingerprint density at radius 2 is 1.95 bits per heavy atom. The normalized spacial score (nSPS) is 12.8. The van der Waals surface area contributed by atoms with Crippen LogP contribution in [-0.2, 0) is 21.4 Å². The second-order valence-electron chi connectivity index (χ2n) is 4.59. The predicted octanol–water partition coefficient (Wildman–Crippen LogP) is 1.40. The summed E-state index contributed by atoms with van der Waals surface area (Å²) in [5.74, 6) is -0.479. The minimum absolute atomic E-state index is 0.111. The van der Waals surface area contributed by atoms with E-state index in [9.17, 15) is 17.6 Å². The maximum absolute atomic E-state index is 12.8. The molecule has 1 unspecified atom stereocenters. The van der Waals surface area contributed by atoms with E-state index in [0.29, 0.717) is 5.76 Å². The quantitative estimate of drug-likeness (QED) is 0.840. The molecule has 1 heterocycles. The van der Waals surface area contributed by atoms with Crippen molar-refractivity contribution in [2.24, 2.45) is 0 Å². The molecule has 0 spiro atoms. The van der Waals surface area contributed by atoms with Gasteiger partial charge in [0.1, 0.15) is 11.6 Å². The van der Waals surface area contributed by atoms with Crippen LogP contribution in [0.2, 0.25) is 0 Å². The zero-order valence-corrected chi connectivity index (χ0v) is 12.6. The standard InChI is InChI=1S/C14H15FN2O4S/c1-10(14(18)16-9-12-3-2-8-21-12)17-22(19,20)13-6-4-11(15)5-7-13/h2-8,10,17H,9H2,1H3,(H,16,18). The van der Waals surface area contributed by atoms with Gasteiger partial charge in [-0.25, -0.2) is 12.8 Å². The average molecular weight is 326 g/mol. The number of nitrogens with one attached hydrogen (secondary N) is 2. The lowest BCUT2D eigenvalue weighted by atomic mass is 10.3. The van der Waals surface area contributed by atoms with Crippen molar-refractivity contribution in [2.45, 2.75) is 24.4 Å². The molecule has 1 aromatic carbocycles. The predicted molar refractivity (Wildman–Crippen MR) is 76.7 cm³/mol. The fraction of sp³-hybridized carbons (Fsp3) is 0.214. The lowest BCUT2D eigenvalue weighted by Gasteiger charge is -2.14. The van der Waals surface area contributed by atoms with Crippen LogP contribution >= 0.6 is 0 Å². The van der Waals surface area contributed by atoms with Crippen LogP contribution < -0.4 is 10.0 Å². The maximum Gasteiger partial charge on any atom is 0.241 e. The first kappa shape index (κ1) is 16.2. The van der Waals surface area contributed by atoms with Crippen molar-refractivity contribution in [3.05, 3.63) is 54.2 Å². The van der Waals surface area contributed by atoms with Gasteiger partial charge >= 0.3 is 0 Å². The SMILES string of the molecule is CC(NS(=O)(=O)c1ccc(F)cc1)C(=O)NCc1ccco1. The van der Waals surface area contributed by atoms with E-state index in [4.69, 9.17) is 4.42 Å². The first-order valence-corrected chi connectivity index (χ1v) is 7.95. The first-order chi connectivity index (χ1) is 10.4. The number of carbonyl (C=O) groups is 1. The molecule has 22 heavy (non-hydrogen) atoms. The largest absolute Gasteiger partial charge is 0.467 e. The number of amides is 1. The number of carbonyl (C=O) groups excluding carboxylic acids is 1. The van der Waals surface area contributed by atoms with E-state index in [2.05, 4.69) is 10.0 Å². The zero-order chi connectivity index (χ0) is 16.2. The number of furan rings is 1. The third kappa shape index (κ3) is 4.15. The van der Waals surface area contributed by atoms with Crippen LogP contribution in [0.3, 0.4) is 0 Å². The van der Waals surface area contributed by atoms with E-state index in [1.54, 1.807) is 12.1 Å². The smallest absolute Gasteiger partial charge is 0.241 e. The van der Waals surface area contributed by atoms with E-state index in [-0.39, 0.29) is 11.4 Å². The van der Waals surface area contributed by atoms with Crippen LogP contribution in [0.25, 0.3) is 0 Å². The highest BCUT2D eigenvalue weighted by Crippen LogP contribution is 2.10. The first-order valence-electron chi connectivity index (χ1n) is 6.46. The van der Waals surface area contributed by atoms with E-state index >= 15 is 0 Å². The van der Waals surface area contributed by atoms with Crippen LogP contribution in [0.5, 0.6) is 0 Å². The molecule has 0 aliphatic rings. The fourth-order valence-corrected chi connectivity index (χ4v) is 2.91. The Balaban J connectivity index is 1.96. The Hall–Kier alpha value is -2.19. The molecule has 1 aromatic heterocycles. The van der Waals surface area contributed by atoms with Crippen molar-refractivity contribution >= 4 is 15.9 Å². The molecule has 1 amide bonds. The molecule has 0 radical (unpaired) electrons. The van der Waals surface area contributed by atoms with Gasteiger partial charge in [-0.05, 0) is 43.3 Å². The molecule has 0 aliphatic heterocycles. The molecule has 0 bridgehead atoms. The Labute approximate surface area is 127 Å². The summed E-state index contributed by atoms with van der Waals surface area (Å²) >= 11 is 0. The van der Waals surface area contributed by atoms with Crippen LogP contribution in [0, 0.1) is 5.82 Å². The Morgan fingerprint density at radius 3 is 2.55 bits per heavy atom. The van der Waals surface area contributed by atoms with Gasteiger partial charge < -0.3 is 9.73 Å². The number of benzene rings is 1. The second-order valence-corrected chi connectivity index (χ2v) is 6.31. The molecule has 6 nitrogen and oxygen atoms in total. The Bertz CT molecular complexity index is 727. The minimum atomic E-state index is -3.89. The van der Waals surface area contributed by atoms with E-state index in [1.165, 1.54) is 13.2 Å². The lowest BCUT2D eigenvalue weighted by molar-refractivity contribution is -0.122. The van der Waals surface area contributed by atoms with Crippen molar-refractivity contribution in [2.75, 3.05) is 0 Å². The van der Waals surface area contributed by atoms with Gasteiger partial charge in [0.25, 0.3) is 0 Å². The zero-order valence-electron chi connectivity index (χ0n) is 11.7. The highest BCUT2D eigenvalue weighted by molar-refractivity contribution is 7.89. The summed E-state index contributed by atoms with van der Waals surface area (Å²) in [5, 5.41) is 2.55. The van der Waals surface area contributed by atoms with Crippen molar-refractivity contribution in [1.29, 1.82) is 0 Å². The van der Waals surface area contributed by atoms with Gasteiger partial charge in [0.15, 0.2) is 0 Å². The van der Waals surface area contributed by atoms with Crippen LogP contribution in [0.15, 0.2) is 52.0 Å². The van der Waals surface area contributed by atoms with Crippen LogP contribution in [0.4, 0.5) is 4.39 Å². The summed E-state index contributed by atoms with van der Waals surface area (Å²) in [6, 6.07) is 6.73. The number of halogens is 1. The summed E-state index contributed by atoms with van der Waals surface area (Å²) in [5.41, 5.74) is 0. The van der Waals surface area contributed by atoms with Gasteiger partial charge in [0.2, 0.25) is 15.9 Å². The average Bonchev–Trinajstić information content (AvgIpc) is 2.98. The van der Waals surface area contributed by atoms with Gasteiger partial charge in [-0.3, -0.25) is 4.79 Å². The molecule has 0 saturated heterocycles.